The van der Waals surface area contributed by atoms with E-state index in [2.05, 4.69) is 12.2 Å². The first-order chi connectivity index (χ1) is 8.74. The van der Waals surface area contributed by atoms with Gasteiger partial charge in [-0.3, -0.25) is 0 Å². The van der Waals surface area contributed by atoms with Crippen molar-refractivity contribution in [2.24, 2.45) is 0 Å². The first-order valence-electron chi connectivity index (χ1n) is 6.10. The van der Waals surface area contributed by atoms with Crippen molar-refractivity contribution in [1.29, 1.82) is 0 Å². The molecule has 0 saturated heterocycles. The molecular formula is C14H19NO3. The van der Waals surface area contributed by atoms with Gasteiger partial charge in [-0.15, -0.1) is 0 Å². The Labute approximate surface area is 107 Å². The summed E-state index contributed by atoms with van der Waals surface area (Å²) in [5.41, 5.74) is 1.08. The van der Waals surface area contributed by atoms with E-state index in [-0.39, 0.29) is 6.04 Å². The number of nitrogens with one attached hydrogen (secondary N) is 1. The van der Waals surface area contributed by atoms with Gasteiger partial charge in [0.05, 0.1) is 12.3 Å². The van der Waals surface area contributed by atoms with Crippen LogP contribution in [0.4, 0.5) is 0 Å². The molecule has 1 unspecified atom stereocenters. The molecule has 18 heavy (non-hydrogen) atoms. The first kappa shape index (κ1) is 12.9. The van der Waals surface area contributed by atoms with Crippen LogP contribution in [0.3, 0.4) is 0 Å². The lowest BCUT2D eigenvalue weighted by Gasteiger charge is -2.13. The fraction of sp³-hybridized carbons (Fsp3) is 0.429. The van der Waals surface area contributed by atoms with Gasteiger partial charge in [0.2, 0.25) is 0 Å². The van der Waals surface area contributed by atoms with Crippen molar-refractivity contribution in [2.75, 3.05) is 13.7 Å². The second kappa shape index (κ2) is 5.89. The van der Waals surface area contributed by atoms with Gasteiger partial charge in [0.1, 0.15) is 23.9 Å². The van der Waals surface area contributed by atoms with Crippen LogP contribution in [0, 0.1) is 6.92 Å². The maximum Gasteiger partial charge on any atom is 0.129 e. The van der Waals surface area contributed by atoms with Crippen LogP contribution < -0.4 is 5.32 Å². The summed E-state index contributed by atoms with van der Waals surface area (Å²) >= 11 is 0. The Bertz CT molecular complexity index is 487. The number of hydrogen-bond acceptors (Lipinski definition) is 4. The van der Waals surface area contributed by atoms with Gasteiger partial charge in [-0.05, 0) is 31.7 Å². The number of ether oxygens (including phenoxy) is 1. The average Bonchev–Trinajstić information content (AvgIpc) is 2.96. The molecule has 0 fully saturated rings. The smallest absolute Gasteiger partial charge is 0.129 e. The summed E-state index contributed by atoms with van der Waals surface area (Å²) in [7, 11) is 1.66. The predicted molar refractivity (Wildman–Crippen MR) is 68.4 cm³/mol. The van der Waals surface area contributed by atoms with Gasteiger partial charge in [-0.2, -0.15) is 0 Å². The monoisotopic (exact) mass is 249 g/mol. The van der Waals surface area contributed by atoms with E-state index in [1.54, 1.807) is 13.4 Å². The lowest BCUT2D eigenvalue weighted by Crippen LogP contribution is -2.21. The summed E-state index contributed by atoms with van der Waals surface area (Å²) < 4.78 is 16.2. The van der Waals surface area contributed by atoms with Crippen molar-refractivity contribution in [3.8, 4) is 0 Å². The highest BCUT2D eigenvalue weighted by Crippen LogP contribution is 2.25. The van der Waals surface area contributed by atoms with Crippen molar-refractivity contribution in [3.05, 3.63) is 47.3 Å². The Morgan fingerprint density at radius 1 is 1.39 bits per heavy atom. The van der Waals surface area contributed by atoms with Gasteiger partial charge < -0.3 is 18.9 Å². The van der Waals surface area contributed by atoms with E-state index >= 15 is 0 Å². The van der Waals surface area contributed by atoms with Gasteiger partial charge in [-0.25, -0.2) is 0 Å². The topological polar surface area (TPSA) is 47.5 Å². The largest absolute Gasteiger partial charge is 0.469 e. The van der Waals surface area contributed by atoms with Gasteiger partial charge in [0.15, 0.2) is 0 Å². The van der Waals surface area contributed by atoms with Crippen LogP contribution in [0.1, 0.15) is 35.8 Å². The zero-order chi connectivity index (χ0) is 13.0. The van der Waals surface area contributed by atoms with E-state index in [0.717, 1.165) is 29.4 Å². The number of rotatable bonds is 6. The summed E-state index contributed by atoms with van der Waals surface area (Å²) in [6.45, 7) is 5.35. The second-order valence-electron chi connectivity index (χ2n) is 4.22. The quantitative estimate of drug-likeness (QED) is 0.854. The standard InChI is InChI=1S/C14H19NO3/c1-4-15-14(11-7-10(2)17-8-11)13-6-5-12(18-13)9-16-3/h5-8,14-15H,4,9H2,1-3H3. The van der Waals surface area contributed by atoms with Gasteiger partial charge in [-0.1, -0.05) is 6.92 Å². The Morgan fingerprint density at radius 2 is 2.22 bits per heavy atom. The summed E-state index contributed by atoms with van der Waals surface area (Å²) in [4.78, 5) is 0. The molecule has 0 spiro atoms. The van der Waals surface area contributed by atoms with E-state index in [1.165, 1.54) is 0 Å². The average molecular weight is 249 g/mol. The zero-order valence-electron chi connectivity index (χ0n) is 11.0. The second-order valence-corrected chi connectivity index (χ2v) is 4.22. The van der Waals surface area contributed by atoms with Crippen molar-refractivity contribution in [2.45, 2.75) is 26.5 Å². The molecule has 2 aromatic rings. The van der Waals surface area contributed by atoms with E-state index in [1.807, 2.05) is 25.1 Å². The highest BCUT2D eigenvalue weighted by atomic mass is 16.5. The molecule has 1 atom stereocenters. The number of aryl methyl sites for hydroxylation is 1. The van der Waals surface area contributed by atoms with Crippen molar-refractivity contribution in [3.63, 3.8) is 0 Å². The molecular weight excluding hydrogens is 230 g/mol. The summed E-state index contributed by atoms with van der Waals surface area (Å²) in [6.07, 6.45) is 1.77. The maximum atomic E-state index is 5.77. The summed E-state index contributed by atoms with van der Waals surface area (Å²) in [6, 6.07) is 5.96. The molecule has 0 aliphatic carbocycles. The third-order valence-electron chi connectivity index (χ3n) is 2.75. The summed E-state index contributed by atoms with van der Waals surface area (Å²) in [5, 5.41) is 3.39. The molecule has 1 N–H and O–H groups in total. The highest BCUT2D eigenvalue weighted by molar-refractivity contribution is 5.26. The van der Waals surface area contributed by atoms with Gasteiger partial charge in [0, 0.05) is 12.7 Å². The Kier molecular flexibility index (Phi) is 4.23. The lowest BCUT2D eigenvalue weighted by molar-refractivity contribution is 0.162. The van der Waals surface area contributed by atoms with Crippen LogP contribution in [-0.4, -0.2) is 13.7 Å². The molecule has 0 amide bonds. The van der Waals surface area contributed by atoms with Crippen LogP contribution in [-0.2, 0) is 11.3 Å². The third-order valence-corrected chi connectivity index (χ3v) is 2.75. The zero-order valence-corrected chi connectivity index (χ0v) is 11.0. The fourth-order valence-electron chi connectivity index (χ4n) is 1.97. The Morgan fingerprint density at radius 3 is 2.83 bits per heavy atom. The molecule has 2 rings (SSSR count). The number of methoxy groups -OCH3 is 1. The molecule has 0 saturated carbocycles. The van der Waals surface area contributed by atoms with E-state index in [4.69, 9.17) is 13.6 Å². The molecule has 2 aromatic heterocycles. The summed E-state index contributed by atoms with van der Waals surface area (Å²) in [5.74, 6) is 2.61. The molecule has 98 valence electrons. The molecule has 0 aromatic carbocycles. The van der Waals surface area contributed by atoms with E-state index in [9.17, 15) is 0 Å². The number of hydrogen-bond donors (Lipinski definition) is 1. The minimum atomic E-state index is 0.0260. The van der Waals surface area contributed by atoms with E-state index in [0.29, 0.717) is 6.61 Å². The molecule has 0 aliphatic heterocycles. The SMILES string of the molecule is CCNC(c1coc(C)c1)c1ccc(COC)o1. The van der Waals surface area contributed by atoms with Crippen LogP contribution in [0.2, 0.25) is 0 Å². The van der Waals surface area contributed by atoms with Crippen LogP contribution >= 0.6 is 0 Å². The van der Waals surface area contributed by atoms with Crippen LogP contribution in [0.5, 0.6) is 0 Å². The van der Waals surface area contributed by atoms with Crippen LogP contribution in [0.25, 0.3) is 0 Å². The Hall–Kier alpha value is -1.52. The normalized spacial score (nSPS) is 12.8. The molecule has 2 heterocycles. The van der Waals surface area contributed by atoms with Crippen molar-refractivity contribution >= 4 is 0 Å². The fourth-order valence-corrected chi connectivity index (χ4v) is 1.97. The minimum absolute atomic E-state index is 0.0260. The molecule has 4 nitrogen and oxygen atoms in total. The predicted octanol–water partition coefficient (Wildman–Crippen LogP) is 3.03. The van der Waals surface area contributed by atoms with Crippen molar-refractivity contribution < 1.29 is 13.6 Å². The molecule has 0 bridgehead atoms. The number of furan rings is 2. The Balaban J connectivity index is 2.23. The third kappa shape index (κ3) is 2.83. The lowest BCUT2D eigenvalue weighted by atomic mass is 10.1. The van der Waals surface area contributed by atoms with Gasteiger partial charge >= 0.3 is 0 Å². The first-order valence-corrected chi connectivity index (χ1v) is 6.10. The highest BCUT2D eigenvalue weighted by Gasteiger charge is 2.18. The minimum Gasteiger partial charge on any atom is -0.469 e. The molecule has 4 heteroatoms. The molecule has 0 radical (unpaired) electrons. The van der Waals surface area contributed by atoms with Crippen molar-refractivity contribution in [1.82, 2.24) is 5.32 Å². The van der Waals surface area contributed by atoms with E-state index < -0.39 is 0 Å². The van der Waals surface area contributed by atoms with Crippen LogP contribution in [0.15, 0.2) is 33.3 Å². The molecule has 0 aliphatic rings. The van der Waals surface area contributed by atoms with Gasteiger partial charge in [0.25, 0.3) is 0 Å². The maximum absolute atomic E-state index is 5.77.